The van der Waals surface area contributed by atoms with E-state index in [1.807, 2.05) is 12.4 Å². The molecular formula is C22H30N4O2. The van der Waals surface area contributed by atoms with Crippen molar-refractivity contribution in [2.75, 3.05) is 26.3 Å². The molecule has 2 aromatic rings. The van der Waals surface area contributed by atoms with Gasteiger partial charge in [-0.1, -0.05) is 29.8 Å². The summed E-state index contributed by atoms with van der Waals surface area (Å²) in [4.78, 5) is 19.9. The molecule has 28 heavy (non-hydrogen) atoms. The van der Waals surface area contributed by atoms with Crippen molar-refractivity contribution < 1.29 is 9.53 Å². The highest BCUT2D eigenvalue weighted by Crippen LogP contribution is 2.42. The minimum absolute atomic E-state index is 0.0748. The van der Waals surface area contributed by atoms with E-state index < -0.39 is 0 Å². The molecule has 6 heteroatoms. The Kier molecular flexibility index (Phi) is 5.51. The lowest BCUT2D eigenvalue weighted by Crippen LogP contribution is -2.56. The third-order valence-electron chi connectivity index (χ3n) is 6.18. The minimum atomic E-state index is -0.174. The first-order valence-electron chi connectivity index (χ1n) is 10.3. The van der Waals surface area contributed by atoms with E-state index in [1.54, 1.807) is 0 Å². The van der Waals surface area contributed by atoms with Crippen LogP contribution in [0.5, 0.6) is 0 Å². The summed E-state index contributed by atoms with van der Waals surface area (Å²) in [5.74, 6) is 0.0748. The summed E-state index contributed by atoms with van der Waals surface area (Å²) in [6, 6.07) is 8.27. The van der Waals surface area contributed by atoms with Gasteiger partial charge in [0.1, 0.15) is 0 Å². The number of rotatable bonds is 5. The zero-order valence-electron chi connectivity index (χ0n) is 16.9. The Balaban J connectivity index is 1.49. The molecule has 1 amide bonds. The summed E-state index contributed by atoms with van der Waals surface area (Å²) in [6.07, 6.45) is 4.69. The van der Waals surface area contributed by atoms with Gasteiger partial charge >= 0.3 is 0 Å². The molecule has 1 aromatic carbocycles. The van der Waals surface area contributed by atoms with Gasteiger partial charge in [-0.15, -0.1) is 0 Å². The number of fused-ring (bicyclic) bond motifs is 2. The Bertz CT molecular complexity index is 839. The number of nitrogens with zero attached hydrogens (tertiary/aromatic N) is 3. The van der Waals surface area contributed by atoms with Crippen molar-refractivity contribution in [3.8, 4) is 0 Å². The Morgan fingerprint density at radius 1 is 1.32 bits per heavy atom. The number of imidazole rings is 1. The van der Waals surface area contributed by atoms with Crippen LogP contribution in [0, 0.1) is 6.92 Å². The normalized spacial score (nSPS) is 18.8. The predicted octanol–water partition coefficient (Wildman–Crippen LogP) is 2.39. The molecule has 1 fully saturated rings. The fourth-order valence-electron chi connectivity index (χ4n) is 4.68. The zero-order chi connectivity index (χ0) is 19.6. The fourth-order valence-corrected chi connectivity index (χ4v) is 4.68. The molecule has 1 N–H and O–H groups in total. The average Bonchev–Trinajstić information content (AvgIpc) is 3.14. The third kappa shape index (κ3) is 3.59. The molecule has 1 aromatic heterocycles. The highest BCUT2D eigenvalue weighted by Gasteiger charge is 2.46. The second-order valence-corrected chi connectivity index (χ2v) is 7.91. The smallest absolute Gasteiger partial charge is 0.234 e. The van der Waals surface area contributed by atoms with Crippen molar-refractivity contribution >= 4 is 5.91 Å². The molecule has 3 heterocycles. The van der Waals surface area contributed by atoms with Gasteiger partial charge in [0.15, 0.2) is 0 Å². The first-order valence-corrected chi connectivity index (χ1v) is 10.3. The van der Waals surface area contributed by atoms with Crippen LogP contribution in [0.1, 0.15) is 42.3 Å². The van der Waals surface area contributed by atoms with Crippen LogP contribution in [0.2, 0.25) is 0 Å². The summed E-state index contributed by atoms with van der Waals surface area (Å²) in [6.45, 7) is 8.47. The van der Waals surface area contributed by atoms with Gasteiger partial charge in [-0.3, -0.25) is 9.69 Å². The molecule has 4 rings (SSSR count). The second kappa shape index (κ2) is 8.05. The Hall–Kier alpha value is -2.18. The maximum Gasteiger partial charge on any atom is 0.234 e. The van der Waals surface area contributed by atoms with E-state index in [9.17, 15) is 4.79 Å². The molecule has 1 saturated heterocycles. The number of carbonyl (C=O) groups excluding carboxylic acids is 1. The second-order valence-electron chi connectivity index (χ2n) is 7.91. The lowest BCUT2D eigenvalue weighted by Gasteiger charge is -2.48. The maximum atomic E-state index is 12.8. The van der Waals surface area contributed by atoms with E-state index >= 15 is 0 Å². The Morgan fingerprint density at radius 3 is 2.89 bits per heavy atom. The van der Waals surface area contributed by atoms with Crippen molar-refractivity contribution in [2.45, 2.75) is 51.7 Å². The van der Waals surface area contributed by atoms with Crippen LogP contribution in [0.25, 0.3) is 0 Å². The summed E-state index contributed by atoms with van der Waals surface area (Å²) in [7, 11) is 0. The van der Waals surface area contributed by atoms with Gasteiger partial charge < -0.3 is 14.6 Å². The summed E-state index contributed by atoms with van der Waals surface area (Å²) >= 11 is 0. The van der Waals surface area contributed by atoms with Crippen molar-refractivity contribution in [2.24, 2.45) is 0 Å². The topological polar surface area (TPSA) is 59.4 Å². The molecule has 6 nitrogen and oxygen atoms in total. The van der Waals surface area contributed by atoms with Gasteiger partial charge in [0, 0.05) is 45.0 Å². The highest BCUT2D eigenvalue weighted by molar-refractivity contribution is 5.78. The van der Waals surface area contributed by atoms with E-state index in [2.05, 4.69) is 46.8 Å². The summed E-state index contributed by atoms with van der Waals surface area (Å²) < 4.78 is 7.90. The number of carbonyl (C=O) groups is 1. The van der Waals surface area contributed by atoms with Crippen molar-refractivity contribution in [3.05, 3.63) is 53.1 Å². The van der Waals surface area contributed by atoms with E-state index in [0.29, 0.717) is 13.1 Å². The Labute approximate surface area is 166 Å². The van der Waals surface area contributed by atoms with Gasteiger partial charge in [-0.2, -0.15) is 0 Å². The fraction of sp³-hybridized carbons (Fsp3) is 0.545. The highest BCUT2D eigenvalue weighted by atomic mass is 16.5. The van der Waals surface area contributed by atoms with Crippen molar-refractivity contribution in [1.29, 1.82) is 0 Å². The first kappa shape index (κ1) is 19.2. The molecule has 0 unspecified atom stereocenters. The molecule has 2 aliphatic heterocycles. The molecule has 2 aliphatic rings. The van der Waals surface area contributed by atoms with Gasteiger partial charge in [0.25, 0.3) is 0 Å². The molecule has 0 radical (unpaired) electrons. The number of hydrogen-bond acceptors (Lipinski definition) is 4. The Morgan fingerprint density at radius 2 is 2.14 bits per heavy atom. The van der Waals surface area contributed by atoms with Crippen LogP contribution in [0.4, 0.5) is 0 Å². The van der Waals surface area contributed by atoms with Crippen LogP contribution < -0.4 is 5.32 Å². The number of benzene rings is 1. The molecule has 0 atom stereocenters. The molecule has 150 valence electrons. The van der Waals surface area contributed by atoms with E-state index in [4.69, 9.17) is 9.72 Å². The largest absolute Gasteiger partial charge is 0.381 e. The van der Waals surface area contributed by atoms with E-state index in [1.165, 1.54) is 11.3 Å². The van der Waals surface area contributed by atoms with Crippen molar-refractivity contribution in [3.63, 3.8) is 0 Å². The molecule has 0 bridgehead atoms. The van der Waals surface area contributed by atoms with E-state index in [-0.39, 0.29) is 11.4 Å². The van der Waals surface area contributed by atoms with Crippen LogP contribution in [0.15, 0.2) is 30.6 Å². The lowest BCUT2D eigenvalue weighted by atomic mass is 9.80. The predicted molar refractivity (Wildman–Crippen MR) is 108 cm³/mol. The molecule has 1 spiro atoms. The quantitative estimate of drug-likeness (QED) is 0.863. The number of ether oxygens (including phenoxy) is 1. The average molecular weight is 383 g/mol. The maximum absolute atomic E-state index is 12.8. The SMILES string of the molecule is CCn1cnc2c1CCN(CC(=O)NCc1cccc(C)c1)C21CCOCC1. The van der Waals surface area contributed by atoms with E-state index in [0.717, 1.165) is 56.8 Å². The first-order chi connectivity index (χ1) is 13.6. The van der Waals surface area contributed by atoms with Crippen molar-refractivity contribution in [1.82, 2.24) is 19.8 Å². The molecule has 0 saturated carbocycles. The number of nitrogens with one attached hydrogen (secondary N) is 1. The van der Waals surface area contributed by atoms with Crippen LogP contribution >= 0.6 is 0 Å². The third-order valence-corrected chi connectivity index (χ3v) is 6.18. The van der Waals surface area contributed by atoms with Gasteiger partial charge in [-0.25, -0.2) is 4.98 Å². The molecule has 0 aliphatic carbocycles. The van der Waals surface area contributed by atoms with Gasteiger partial charge in [-0.05, 0) is 32.3 Å². The van der Waals surface area contributed by atoms with Gasteiger partial charge in [0.2, 0.25) is 5.91 Å². The van der Waals surface area contributed by atoms with Gasteiger partial charge in [0.05, 0.1) is 24.1 Å². The van der Waals surface area contributed by atoms with Crippen LogP contribution in [-0.2, 0) is 34.6 Å². The number of aryl methyl sites for hydroxylation is 2. The van der Waals surface area contributed by atoms with Crippen LogP contribution in [0.3, 0.4) is 0 Å². The monoisotopic (exact) mass is 382 g/mol. The number of aromatic nitrogens is 2. The summed E-state index contributed by atoms with van der Waals surface area (Å²) in [5, 5.41) is 3.10. The lowest BCUT2D eigenvalue weighted by molar-refractivity contribution is -0.126. The van der Waals surface area contributed by atoms with Crippen LogP contribution in [-0.4, -0.2) is 46.7 Å². The minimum Gasteiger partial charge on any atom is -0.381 e. The summed E-state index contributed by atoms with van der Waals surface area (Å²) in [5.41, 5.74) is 4.67. The zero-order valence-corrected chi connectivity index (χ0v) is 16.9. The molecular weight excluding hydrogens is 352 g/mol. The number of amides is 1. The standard InChI is InChI=1S/C22H30N4O2/c1-3-25-16-24-21-19(25)7-10-26(22(21)8-11-28-12-9-22)15-20(27)23-14-18-6-4-5-17(2)13-18/h4-6,13,16H,3,7-12,14-15H2,1-2H3,(H,23,27). The number of hydrogen-bond donors (Lipinski definition) is 1.